The second kappa shape index (κ2) is 8.93. The lowest BCUT2D eigenvalue weighted by Gasteiger charge is -2.43. The lowest BCUT2D eigenvalue weighted by Crippen LogP contribution is -2.52. The maximum absolute atomic E-state index is 13.4. The van der Waals surface area contributed by atoms with Gasteiger partial charge in [-0.1, -0.05) is 42.7 Å². The van der Waals surface area contributed by atoms with E-state index in [1.807, 2.05) is 19.9 Å². The fourth-order valence-corrected chi connectivity index (χ4v) is 5.78. The second-order valence-corrected chi connectivity index (χ2v) is 10.1. The maximum atomic E-state index is 13.4. The molecule has 2 fully saturated rings. The van der Waals surface area contributed by atoms with Crippen LogP contribution in [0.2, 0.25) is 0 Å². The first-order valence-electron chi connectivity index (χ1n) is 12.3. The van der Waals surface area contributed by atoms with Crippen LogP contribution in [-0.2, 0) is 27.2 Å². The number of ether oxygens (including phenoxy) is 1. The Labute approximate surface area is 199 Å². The standard InChI is InChI=1S/C27H32N4O3/c1-17-7-6-8-20(13-17)11-12-27(21-9-4-5-10-21)16-23(32)22(25(33)34-27)15-24-29-26-28-18(2)14-19(3)31(26)30-24/h6-8,13-14,21-22H,4-5,9-12,15-16H2,1-3H3. The number of hydrogen-bond acceptors (Lipinski definition) is 6. The number of cyclic esters (lactones) is 1. The Morgan fingerprint density at radius 3 is 2.62 bits per heavy atom. The summed E-state index contributed by atoms with van der Waals surface area (Å²) in [5.74, 6) is -0.145. The molecular formula is C27H32N4O3. The molecule has 7 heteroatoms. The largest absolute Gasteiger partial charge is 0.458 e. The molecule has 1 aliphatic carbocycles. The van der Waals surface area contributed by atoms with E-state index in [0.717, 1.165) is 43.5 Å². The summed E-state index contributed by atoms with van der Waals surface area (Å²) in [4.78, 5) is 35.6. The molecule has 2 aromatic heterocycles. The third kappa shape index (κ3) is 4.36. The average Bonchev–Trinajstić information content (AvgIpc) is 3.45. The van der Waals surface area contributed by atoms with E-state index in [9.17, 15) is 9.59 Å². The molecule has 2 unspecified atom stereocenters. The van der Waals surface area contributed by atoms with Crippen LogP contribution in [-0.4, -0.2) is 36.9 Å². The van der Waals surface area contributed by atoms with Gasteiger partial charge in [0.2, 0.25) is 0 Å². The lowest BCUT2D eigenvalue weighted by molar-refractivity contribution is -0.185. The molecule has 178 valence electrons. The molecule has 0 radical (unpaired) electrons. The van der Waals surface area contributed by atoms with Crippen molar-refractivity contribution in [2.75, 3.05) is 0 Å². The molecule has 5 rings (SSSR count). The van der Waals surface area contributed by atoms with Gasteiger partial charge in [0.25, 0.3) is 5.78 Å². The molecule has 2 aliphatic rings. The summed E-state index contributed by atoms with van der Waals surface area (Å²) in [6.45, 7) is 5.92. The van der Waals surface area contributed by atoms with Gasteiger partial charge in [0.1, 0.15) is 11.5 Å². The van der Waals surface area contributed by atoms with Gasteiger partial charge in [0.15, 0.2) is 11.6 Å². The number of aryl methyl sites for hydroxylation is 4. The molecular weight excluding hydrogens is 428 g/mol. The Kier molecular flexibility index (Phi) is 5.96. The molecule has 0 N–H and O–H groups in total. The predicted molar refractivity (Wildman–Crippen MR) is 127 cm³/mol. The first-order valence-corrected chi connectivity index (χ1v) is 12.3. The quantitative estimate of drug-likeness (QED) is 0.403. The van der Waals surface area contributed by atoms with Crippen molar-refractivity contribution in [2.45, 2.75) is 77.7 Å². The minimum atomic E-state index is -0.854. The lowest BCUT2D eigenvalue weighted by atomic mass is 9.73. The molecule has 3 heterocycles. The van der Waals surface area contributed by atoms with Crippen molar-refractivity contribution in [3.05, 3.63) is 58.7 Å². The number of carbonyl (C=O) groups excluding carboxylic acids is 2. The highest BCUT2D eigenvalue weighted by Gasteiger charge is 2.51. The number of esters is 1. The Bertz CT molecular complexity index is 1220. The Hall–Kier alpha value is -3.09. The summed E-state index contributed by atoms with van der Waals surface area (Å²) >= 11 is 0. The number of hydrogen-bond donors (Lipinski definition) is 0. The van der Waals surface area contributed by atoms with Crippen molar-refractivity contribution in [2.24, 2.45) is 11.8 Å². The molecule has 0 amide bonds. The number of fused-ring (bicyclic) bond motifs is 1. The highest BCUT2D eigenvalue weighted by atomic mass is 16.6. The topological polar surface area (TPSA) is 86.5 Å². The molecule has 2 atom stereocenters. The molecule has 1 saturated carbocycles. The van der Waals surface area contributed by atoms with E-state index in [1.165, 1.54) is 11.1 Å². The molecule has 1 saturated heterocycles. The van der Waals surface area contributed by atoms with Gasteiger partial charge < -0.3 is 4.74 Å². The maximum Gasteiger partial charge on any atom is 0.317 e. The molecule has 0 bridgehead atoms. The van der Waals surface area contributed by atoms with Gasteiger partial charge in [-0.3, -0.25) is 9.59 Å². The third-order valence-corrected chi connectivity index (χ3v) is 7.52. The number of Topliss-reactive ketones (excluding diaryl/α,β-unsaturated/α-hetero) is 1. The zero-order valence-electron chi connectivity index (χ0n) is 20.2. The number of aromatic nitrogens is 4. The molecule has 1 aromatic carbocycles. The van der Waals surface area contributed by atoms with E-state index in [4.69, 9.17) is 4.74 Å². The van der Waals surface area contributed by atoms with Crippen LogP contribution in [0.25, 0.3) is 5.78 Å². The monoisotopic (exact) mass is 460 g/mol. The number of carbonyl (C=O) groups is 2. The van der Waals surface area contributed by atoms with Crippen molar-refractivity contribution in [1.29, 1.82) is 0 Å². The minimum absolute atomic E-state index is 0.0490. The predicted octanol–water partition coefficient (Wildman–Crippen LogP) is 4.29. The van der Waals surface area contributed by atoms with E-state index in [0.29, 0.717) is 18.0 Å². The van der Waals surface area contributed by atoms with Crippen molar-refractivity contribution in [1.82, 2.24) is 19.6 Å². The van der Waals surface area contributed by atoms with Crippen molar-refractivity contribution >= 4 is 17.5 Å². The minimum Gasteiger partial charge on any atom is -0.458 e. The van der Waals surface area contributed by atoms with Crippen LogP contribution < -0.4 is 0 Å². The van der Waals surface area contributed by atoms with E-state index in [1.54, 1.807) is 4.52 Å². The smallest absolute Gasteiger partial charge is 0.317 e. The number of benzene rings is 1. The van der Waals surface area contributed by atoms with E-state index in [2.05, 4.69) is 46.3 Å². The van der Waals surface area contributed by atoms with Crippen LogP contribution in [0.3, 0.4) is 0 Å². The van der Waals surface area contributed by atoms with Crippen LogP contribution in [0.1, 0.15) is 66.9 Å². The van der Waals surface area contributed by atoms with Crippen LogP contribution in [0.4, 0.5) is 0 Å². The van der Waals surface area contributed by atoms with E-state index < -0.39 is 17.5 Å². The third-order valence-electron chi connectivity index (χ3n) is 7.52. The SMILES string of the molecule is Cc1cccc(CCC2(C3CCCC3)CC(=O)C(Cc3nc4nc(C)cc(C)n4n3)C(=O)O2)c1. The summed E-state index contributed by atoms with van der Waals surface area (Å²) in [5, 5.41) is 4.50. The summed E-state index contributed by atoms with van der Waals surface area (Å²) in [7, 11) is 0. The van der Waals surface area contributed by atoms with E-state index in [-0.39, 0.29) is 24.5 Å². The molecule has 1 aliphatic heterocycles. The second-order valence-electron chi connectivity index (χ2n) is 10.1. The zero-order valence-corrected chi connectivity index (χ0v) is 20.2. The number of ketones is 1. The molecule has 34 heavy (non-hydrogen) atoms. The van der Waals surface area contributed by atoms with Crippen LogP contribution >= 0.6 is 0 Å². The summed E-state index contributed by atoms with van der Waals surface area (Å²) in [5.41, 5.74) is 3.49. The van der Waals surface area contributed by atoms with Crippen LogP contribution in [0, 0.1) is 32.6 Å². The van der Waals surface area contributed by atoms with Crippen LogP contribution in [0.15, 0.2) is 30.3 Å². The highest BCUT2D eigenvalue weighted by molar-refractivity contribution is 6.01. The first kappa shape index (κ1) is 22.7. The average molecular weight is 461 g/mol. The van der Waals surface area contributed by atoms with Crippen LogP contribution in [0.5, 0.6) is 0 Å². The van der Waals surface area contributed by atoms with Crippen molar-refractivity contribution < 1.29 is 14.3 Å². The van der Waals surface area contributed by atoms with E-state index >= 15 is 0 Å². The Balaban J connectivity index is 1.36. The number of nitrogens with zero attached hydrogens (tertiary/aromatic N) is 4. The van der Waals surface area contributed by atoms with Gasteiger partial charge in [-0.15, -0.1) is 5.10 Å². The van der Waals surface area contributed by atoms with Gasteiger partial charge in [-0.25, -0.2) is 9.50 Å². The summed E-state index contributed by atoms with van der Waals surface area (Å²) < 4.78 is 7.90. The highest BCUT2D eigenvalue weighted by Crippen LogP contribution is 2.45. The Morgan fingerprint density at radius 2 is 1.88 bits per heavy atom. The molecule has 7 nitrogen and oxygen atoms in total. The van der Waals surface area contributed by atoms with Gasteiger partial charge >= 0.3 is 5.97 Å². The first-order chi connectivity index (χ1) is 16.3. The molecule has 3 aromatic rings. The Morgan fingerprint density at radius 1 is 1.09 bits per heavy atom. The molecule has 0 spiro atoms. The fourth-order valence-electron chi connectivity index (χ4n) is 5.78. The van der Waals surface area contributed by atoms with Gasteiger partial charge in [-0.05, 0) is 64.0 Å². The van der Waals surface area contributed by atoms with Gasteiger partial charge in [-0.2, -0.15) is 4.98 Å². The summed E-state index contributed by atoms with van der Waals surface area (Å²) in [6, 6.07) is 10.3. The van der Waals surface area contributed by atoms with Crippen molar-refractivity contribution in [3.63, 3.8) is 0 Å². The summed E-state index contributed by atoms with van der Waals surface area (Å²) in [6.07, 6.45) is 6.18. The van der Waals surface area contributed by atoms with Crippen molar-refractivity contribution in [3.8, 4) is 0 Å². The van der Waals surface area contributed by atoms with Gasteiger partial charge in [0.05, 0.1) is 0 Å². The zero-order chi connectivity index (χ0) is 23.9. The van der Waals surface area contributed by atoms with Gasteiger partial charge in [0, 0.05) is 24.2 Å². The number of rotatable bonds is 6. The fraction of sp³-hybridized carbons (Fsp3) is 0.519. The normalized spacial score (nSPS) is 23.6.